The largest absolute Gasteiger partial charge is 0.322 e. The Balaban J connectivity index is 1.82. The zero-order valence-corrected chi connectivity index (χ0v) is 20.0. The molecule has 0 saturated heterocycles. The van der Waals surface area contributed by atoms with E-state index in [4.69, 9.17) is 5.26 Å². The second kappa shape index (κ2) is 9.88. The van der Waals surface area contributed by atoms with E-state index in [9.17, 15) is 13.2 Å². The van der Waals surface area contributed by atoms with Crippen LogP contribution in [0.5, 0.6) is 0 Å². The summed E-state index contributed by atoms with van der Waals surface area (Å²) in [6.45, 7) is 7.47. The van der Waals surface area contributed by atoms with Gasteiger partial charge in [-0.15, -0.1) is 0 Å². The second-order valence-electron chi connectivity index (χ2n) is 8.21. The first-order valence-corrected chi connectivity index (χ1v) is 12.1. The van der Waals surface area contributed by atoms with Crippen LogP contribution in [0.4, 0.5) is 11.4 Å². The van der Waals surface area contributed by atoms with Crippen LogP contribution in [0.1, 0.15) is 46.5 Å². The molecule has 0 aliphatic rings. The van der Waals surface area contributed by atoms with E-state index in [1.165, 1.54) is 10.4 Å². The second-order valence-corrected chi connectivity index (χ2v) is 10.6. The van der Waals surface area contributed by atoms with E-state index in [2.05, 4.69) is 5.32 Å². The van der Waals surface area contributed by atoms with E-state index in [1.54, 1.807) is 56.3 Å². The molecule has 0 atom stereocenters. The van der Waals surface area contributed by atoms with E-state index in [0.29, 0.717) is 22.5 Å². The van der Waals surface area contributed by atoms with Gasteiger partial charge < -0.3 is 5.32 Å². The Hall–Kier alpha value is -3.63. The molecule has 1 amide bonds. The average Bonchev–Trinajstić information content (AvgIpc) is 2.80. The molecule has 33 heavy (non-hydrogen) atoms. The Bertz CT molecular complexity index is 1310. The van der Waals surface area contributed by atoms with Crippen molar-refractivity contribution in [3.8, 4) is 6.07 Å². The molecular formula is C26H27N3O3S. The average molecular weight is 462 g/mol. The third kappa shape index (κ3) is 5.60. The van der Waals surface area contributed by atoms with Crippen LogP contribution in [-0.2, 0) is 16.6 Å². The number of hydrogen-bond donors (Lipinski definition) is 1. The zero-order chi connectivity index (χ0) is 24.2. The Morgan fingerprint density at radius 1 is 1.00 bits per heavy atom. The number of nitriles is 1. The summed E-state index contributed by atoms with van der Waals surface area (Å²) in [5.74, 6) is -0.320. The SMILES string of the molecule is Cc1ccc(N(Cc2ccc(NC(=O)c3cccc(C#N)c3)cc2)S(=O)(=O)C(C)C)cc1C. The summed E-state index contributed by atoms with van der Waals surface area (Å²) in [5, 5.41) is 11.2. The van der Waals surface area contributed by atoms with E-state index >= 15 is 0 Å². The van der Waals surface area contributed by atoms with Crippen molar-refractivity contribution in [2.75, 3.05) is 9.62 Å². The fourth-order valence-corrected chi connectivity index (χ4v) is 4.50. The van der Waals surface area contributed by atoms with Gasteiger partial charge in [-0.2, -0.15) is 5.26 Å². The highest BCUT2D eigenvalue weighted by atomic mass is 32.2. The van der Waals surface area contributed by atoms with Crippen LogP contribution in [-0.4, -0.2) is 19.6 Å². The number of anilines is 2. The Morgan fingerprint density at radius 3 is 2.30 bits per heavy atom. The number of rotatable bonds is 7. The minimum Gasteiger partial charge on any atom is -0.322 e. The number of carbonyl (C=O) groups is 1. The molecule has 0 aliphatic heterocycles. The van der Waals surface area contributed by atoms with Gasteiger partial charge in [0.2, 0.25) is 10.0 Å². The molecule has 0 heterocycles. The number of hydrogen-bond acceptors (Lipinski definition) is 4. The van der Waals surface area contributed by atoms with Gasteiger partial charge in [-0.05, 0) is 86.8 Å². The van der Waals surface area contributed by atoms with Gasteiger partial charge in [-0.3, -0.25) is 9.10 Å². The van der Waals surface area contributed by atoms with Crippen LogP contribution in [0, 0.1) is 25.2 Å². The predicted octanol–water partition coefficient (Wildman–Crippen LogP) is 5.17. The van der Waals surface area contributed by atoms with Gasteiger partial charge in [-0.25, -0.2) is 8.42 Å². The minimum atomic E-state index is -3.55. The summed E-state index contributed by atoms with van der Waals surface area (Å²) in [5.41, 5.74) is 4.92. The Morgan fingerprint density at radius 2 is 1.70 bits per heavy atom. The van der Waals surface area contributed by atoms with Crippen molar-refractivity contribution in [1.82, 2.24) is 0 Å². The molecule has 3 rings (SSSR count). The summed E-state index contributed by atoms with van der Waals surface area (Å²) in [7, 11) is -3.55. The first kappa shape index (κ1) is 24.0. The van der Waals surface area contributed by atoms with Gasteiger partial charge in [0.05, 0.1) is 29.1 Å². The molecule has 170 valence electrons. The summed E-state index contributed by atoms with van der Waals surface area (Å²) in [6.07, 6.45) is 0. The molecule has 0 aromatic heterocycles. The van der Waals surface area contributed by atoms with Crippen LogP contribution in [0.3, 0.4) is 0 Å². The third-order valence-corrected chi connectivity index (χ3v) is 7.62. The number of nitrogens with one attached hydrogen (secondary N) is 1. The van der Waals surface area contributed by atoms with Crippen LogP contribution in [0.2, 0.25) is 0 Å². The van der Waals surface area contributed by atoms with Crippen molar-refractivity contribution in [3.63, 3.8) is 0 Å². The molecule has 0 spiro atoms. The lowest BCUT2D eigenvalue weighted by atomic mass is 10.1. The monoisotopic (exact) mass is 461 g/mol. The molecule has 0 fully saturated rings. The van der Waals surface area contributed by atoms with Crippen LogP contribution >= 0.6 is 0 Å². The highest BCUT2D eigenvalue weighted by molar-refractivity contribution is 7.93. The van der Waals surface area contributed by atoms with Crippen molar-refractivity contribution in [2.24, 2.45) is 0 Å². The summed E-state index contributed by atoms with van der Waals surface area (Å²) < 4.78 is 27.6. The van der Waals surface area contributed by atoms with Crippen LogP contribution in [0.15, 0.2) is 66.7 Å². The highest BCUT2D eigenvalue weighted by Gasteiger charge is 2.26. The molecule has 3 aromatic rings. The van der Waals surface area contributed by atoms with E-state index in [-0.39, 0.29) is 12.5 Å². The normalized spacial score (nSPS) is 11.2. The first-order chi connectivity index (χ1) is 15.6. The standard InChI is InChI=1S/C26H27N3O3S/c1-18(2)33(31,32)29(25-13-8-19(3)20(4)14-25)17-21-9-11-24(12-10-21)28-26(30)23-7-5-6-22(15-23)16-27/h5-15,18H,17H2,1-4H3,(H,28,30). The van der Waals surface area contributed by atoms with Gasteiger partial charge in [0.1, 0.15) is 0 Å². The van der Waals surface area contributed by atoms with E-state index < -0.39 is 15.3 Å². The quantitative estimate of drug-likeness (QED) is 0.525. The molecule has 0 bridgehead atoms. The maximum absolute atomic E-state index is 13.1. The Kier molecular flexibility index (Phi) is 7.19. The lowest BCUT2D eigenvalue weighted by molar-refractivity contribution is 0.102. The third-order valence-electron chi connectivity index (χ3n) is 5.47. The van der Waals surface area contributed by atoms with Crippen molar-refractivity contribution >= 4 is 27.3 Å². The van der Waals surface area contributed by atoms with Crippen molar-refractivity contribution < 1.29 is 13.2 Å². The molecule has 6 nitrogen and oxygen atoms in total. The fourth-order valence-electron chi connectivity index (χ4n) is 3.26. The molecule has 0 aliphatic carbocycles. The van der Waals surface area contributed by atoms with E-state index in [1.807, 2.05) is 38.1 Å². The first-order valence-electron chi connectivity index (χ1n) is 10.6. The van der Waals surface area contributed by atoms with Crippen LogP contribution in [0.25, 0.3) is 0 Å². The molecular weight excluding hydrogens is 434 g/mol. The molecule has 0 unspecified atom stereocenters. The summed E-state index contributed by atoms with van der Waals surface area (Å²) in [6, 6.07) is 21.2. The maximum Gasteiger partial charge on any atom is 0.255 e. The number of benzene rings is 3. The maximum atomic E-state index is 13.1. The fraction of sp³-hybridized carbons (Fsp3) is 0.231. The molecule has 0 saturated carbocycles. The lowest BCUT2D eigenvalue weighted by Crippen LogP contribution is -2.36. The van der Waals surface area contributed by atoms with E-state index in [0.717, 1.165) is 16.7 Å². The van der Waals surface area contributed by atoms with Gasteiger partial charge in [0.25, 0.3) is 5.91 Å². The van der Waals surface area contributed by atoms with Gasteiger partial charge in [0, 0.05) is 11.3 Å². The summed E-state index contributed by atoms with van der Waals surface area (Å²) >= 11 is 0. The van der Waals surface area contributed by atoms with Gasteiger partial charge >= 0.3 is 0 Å². The molecule has 3 aromatic carbocycles. The smallest absolute Gasteiger partial charge is 0.255 e. The number of nitrogens with zero attached hydrogens (tertiary/aromatic N) is 2. The van der Waals surface area contributed by atoms with Gasteiger partial charge in [0.15, 0.2) is 0 Å². The number of carbonyl (C=O) groups excluding carboxylic acids is 1. The van der Waals surface area contributed by atoms with Crippen molar-refractivity contribution in [1.29, 1.82) is 5.26 Å². The zero-order valence-electron chi connectivity index (χ0n) is 19.2. The predicted molar refractivity (Wildman–Crippen MR) is 132 cm³/mol. The number of aryl methyl sites for hydroxylation is 2. The Labute approximate surface area is 195 Å². The van der Waals surface area contributed by atoms with Gasteiger partial charge in [-0.1, -0.05) is 24.3 Å². The molecule has 7 heteroatoms. The summed E-state index contributed by atoms with van der Waals surface area (Å²) in [4.78, 5) is 12.5. The topological polar surface area (TPSA) is 90.3 Å². The molecule has 1 N–H and O–H groups in total. The number of sulfonamides is 1. The lowest BCUT2D eigenvalue weighted by Gasteiger charge is -2.27. The highest BCUT2D eigenvalue weighted by Crippen LogP contribution is 2.26. The minimum absolute atomic E-state index is 0.182. The number of amides is 1. The van der Waals surface area contributed by atoms with Crippen LogP contribution < -0.4 is 9.62 Å². The van der Waals surface area contributed by atoms with Crippen molar-refractivity contribution in [2.45, 2.75) is 39.5 Å². The molecule has 0 radical (unpaired) electrons. The van der Waals surface area contributed by atoms with Crippen molar-refractivity contribution in [3.05, 3.63) is 94.5 Å².